The lowest BCUT2D eigenvalue weighted by atomic mass is 10.1. The fraction of sp³-hybridized carbons (Fsp3) is 0.385. The lowest BCUT2D eigenvalue weighted by Crippen LogP contribution is -2.29. The van der Waals surface area contributed by atoms with E-state index in [1.165, 1.54) is 7.11 Å². The monoisotopic (exact) mass is 267 g/mol. The highest BCUT2D eigenvalue weighted by molar-refractivity contribution is 5.81. The molecule has 0 aliphatic carbocycles. The lowest BCUT2D eigenvalue weighted by Gasteiger charge is -2.12. The van der Waals surface area contributed by atoms with E-state index < -0.39 is 5.97 Å². The van der Waals surface area contributed by atoms with Crippen LogP contribution in [-0.4, -0.2) is 37.7 Å². The van der Waals surface area contributed by atoms with Gasteiger partial charge in [-0.1, -0.05) is 12.1 Å². The summed E-state index contributed by atoms with van der Waals surface area (Å²) >= 11 is 0. The highest BCUT2D eigenvalue weighted by Gasteiger charge is 2.11. The molecule has 19 heavy (non-hydrogen) atoms. The minimum atomic E-state index is -1.06. The number of nitrogens with one attached hydrogen (secondary N) is 1. The van der Waals surface area contributed by atoms with Crippen LogP contribution in [0.25, 0.3) is 0 Å². The first-order valence-electron chi connectivity index (χ1n) is 5.76. The van der Waals surface area contributed by atoms with Crippen LogP contribution >= 0.6 is 0 Å². The predicted molar refractivity (Wildman–Crippen MR) is 68.5 cm³/mol. The number of carboxylic acid groups (broad SMARTS) is 1. The van der Waals surface area contributed by atoms with Crippen LogP contribution in [0.5, 0.6) is 11.5 Å². The van der Waals surface area contributed by atoms with Crippen molar-refractivity contribution in [2.45, 2.75) is 12.8 Å². The van der Waals surface area contributed by atoms with Crippen molar-refractivity contribution in [3.63, 3.8) is 0 Å². The Morgan fingerprint density at radius 3 is 2.58 bits per heavy atom. The molecule has 0 fully saturated rings. The van der Waals surface area contributed by atoms with Gasteiger partial charge < -0.3 is 19.9 Å². The van der Waals surface area contributed by atoms with E-state index in [1.807, 2.05) is 12.1 Å². The summed E-state index contributed by atoms with van der Waals surface area (Å²) in [6.45, 7) is -0.367. The van der Waals surface area contributed by atoms with Crippen molar-refractivity contribution in [1.82, 2.24) is 5.32 Å². The summed E-state index contributed by atoms with van der Waals surface area (Å²) in [5.74, 6) is -0.179. The summed E-state index contributed by atoms with van der Waals surface area (Å²) in [6.07, 6.45) is 0.642. The molecule has 0 aliphatic rings. The number of carbonyl (C=O) groups excluding carboxylic acids is 1. The average molecular weight is 267 g/mol. The van der Waals surface area contributed by atoms with Crippen LogP contribution < -0.4 is 14.8 Å². The van der Waals surface area contributed by atoms with Crippen LogP contribution in [-0.2, 0) is 16.0 Å². The molecule has 0 aromatic heterocycles. The molecule has 0 heterocycles. The number of ether oxygens (including phenoxy) is 2. The number of methoxy groups -OCH3 is 2. The zero-order chi connectivity index (χ0) is 14.3. The summed E-state index contributed by atoms with van der Waals surface area (Å²) in [4.78, 5) is 21.7. The fourth-order valence-corrected chi connectivity index (χ4v) is 1.66. The Morgan fingerprint density at radius 1 is 1.26 bits per heavy atom. The van der Waals surface area contributed by atoms with Crippen molar-refractivity contribution in [3.8, 4) is 11.5 Å². The fourth-order valence-electron chi connectivity index (χ4n) is 1.66. The smallest absolute Gasteiger partial charge is 0.322 e. The molecule has 0 unspecified atom stereocenters. The number of aliphatic carboxylic acids is 1. The molecule has 6 heteroatoms. The third-order valence-electron chi connectivity index (χ3n) is 2.54. The van der Waals surface area contributed by atoms with E-state index in [0.717, 1.165) is 5.56 Å². The van der Waals surface area contributed by atoms with Gasteiger partial charge in [0.05, 0.1) is 14.2 Å². The first-order valence-corrected chi connectivity index (χ1v) is 5.76. The number of rotatable bonds is 7. The Labute approximate surface area is 111 Å². The van der Waals surface area contributed by atoms with E-state index in [0.29, 0.717) is 17.9 Å². The minimum absolute atomic E-state index is 0.191. The van der Waals surface area contributed by atoms with E-state index in [1.54, 1.807) is 13.2 Å². The number of carboxylic acids is 1. The Kier molecular flexibility index (Phi) is 5.66. The Hall–Kier alpha value is -2.24. The maximum Gasteiger partial charge on any atom is 0.322 e. The zero-order valence-electron chi connectivity index (χ0n) is 10.9. The standard InChI is InChI=1S/C13H17NO5/c1-18-10-5-3-4-9(13(10)19-2)6-7-11(15)14-8-12(16)17/h3-5H,6-8H2,1-2H3,(H,14,15)(H,16,17). The van der Waals surface area contributed by atoms with Crippen molar-refractivity contribution in [3.05, 3.63) is 23.8 Å². The summed E-state index contributed by atoms with van der Waals surface area (Å²) < 4.78 is 10.4. The van der Waals surface area contributed by atoms with Gasteiger partial charge >= 0.3 is 5.97 Å². The molecule has 2 N–H and O–H groups in total. The third kappa shape index (κ3) is 4.50. The van der Waals surface area contributed by atoms with Crippen molar-refractivity contribution >= 4 is 11.9 Å². The number of hydrogen-bond acceptors (Lipinski definition) is 4. The molecule has 0 saturated carbocycles. The predicted octanol–water partition coefficient (Wildman–Crippen LogP) is 0.837. The molecule has 0 radical (unpaired) electrons. The molecule has 0 spiro atoms. The topological polar surface area (TPSA) is 84.9 Å². The van der Waals surface area contributed by atoms with Crippen LogP contribution in [0.3, 0.4) is 0 Å². The largest absolute Gasteiger partial charge is 0.493 e. The maximum absolute atomic E-state index is 11.4. The molecule has 6 nitrogen and oxygen atoms in total. The molecule has 0 saturated heterocycles. The molecule has 1 aromatic rings. The number of hydrogen-bond donors (Lipinski definition) is 2. The molecule has 1 aromatic carbocycles. The van der Waals surface area contributed by atoms with Crippen LogP contribution in [0.4, 0.5) is 0 Å². The van der Waals surface area contributed by atoms with Gasteiger partial charge in [0.25, 0.3) is 0 Å². The van der Waals surface area contributed by atoms with E-state index >= 15 is 0 Å². The zero-order valence-corrected chi connectivity index (χ0v) is 10.9. The summed E-state index contributed by atoms with van der Waals surface area (Å²) in [5.41, 5.74) is 0.840. The second kappa shape index (κ2) is 7.25. The van der Waals surface area contributed by atoms with Crippen molar-refractivity contribution in [2.75, 3.05) is 20.8 Å². The average Bonchev–Trinajstić information content (AvgIpc) is 2.42. The van der Waals surface area contributed by atoms with E-state index in [-0.39, 0.29) is 18.9 Å². The quantitative estimate of drug-likeness (QED) is 0.764. The maximum atomic E-state index is 11.4. The van der Waals surface area contributed by atoms with E-state index in [4.69, 9.17) is 14.6 Å². The van der Waals surface area contributed by atoms with Gasteiger partial charge in [0.2, 0.25) is 5.91 Å². The highest BCUT2D eigenvalue weighted by atomic mass is 16.5. The molecule has 1 rings (SSSR count). The van der Waals surface area contributed by atoms with Crippen LogP contribution in [0, 0.1) is 0 Å². The van der Waals surface area contributed by atoms with Gasteiger partial charge in [-0.2, -0.15) is 0 Å². The van der Waals surface area contributed by atoms with Crippen molar-refractivity contribution < 1.29 is 24.2 Å². The van der Waals surface area contributed by atoms with Gasteiger partial charge in [-0.05, 0) is 18.1 Å². The number of carbonyl (C=O) groups is 2. The molecule has 0 aliphatic heterocycles. The van der Waals surface area contributed by atoms with Crippen LogP contribution in [0.2, 0.25) is 0 Å². The van der Waals surface area contributed by atoms with E-state index in [9.17, 15) is 9.59 Å². The number of aryl methyl sites for hydroxylation is 1. The van der Waals surface area contributed by atoms with Gasteiger partial charge in [0, 0.05) is 6.42 Å². The summed E-state index contributed by atoms with van der Waals surface area (Å²) in [7, 11) is 3.08. The Balaban J connectivity index is 2.62. The first kappa shape index (κ1) is 14.8. The minimum Gasteiger partial charge on any atom is -0.493 e. The lowest BCUT2D eigenvalue weighted by molar-refractivity contribution is -0.137. The van der Waals surface area contributed by atoms with Crippen LogP contribution in [0.1, 0.15) is 12.0 Å². The molecular weight excluding hydrogens is 250 g/mol. The van der Waals surface area contributed by atoms with Gasteiger partial charge in [-0.15, -0.1) is 0 Å². The van der Waals surface area contributed by atoms with E-state index in [2.05, 4.69) is 5.32 Å². The number of para-hydroxylation sites is 1. The van der Waals surface area contributed by atoms with Gasteiger partial charge in [-0.25, -0.2) is 0 Å². The molecule has 0 bridgehead atoms. The van der Waals surface area contributed by atoms with Gasteiger partial charge in [-0.3, -0.25) is 9.59 Å². The van der Waals surface area contributed by atoms with Crippen LogP contribution in [0.15, 0.2) is 18.2 Å². The third-order valence-corrected chi connectivity index (χ3v) is 2.54. The SMILES string of the molecule is COc1cccc(CCC(=O)NCC(=O)O)c1OC. The van der Waals surface area contributed by atoms with Gasteiger partial charge in [0.15, 0.2) is 11.5 Å². The van der Waals surface area contributed by atoms with Crippen molar-refractivity contribution in [1.29, 1.82) is 0 Å². The number of amides is 1. The Bertz CT molecular complexity index is 458. The highest BCUT2D eigenvalue weighted by Crippen LogP contribution is 2.31. The second-order valence-electron chi connectivity index (χ2n) is 3.82. The molecule has 1 amide bonds. The summed E-state index contributed by atoms with van der Waals surface area (Å²) in [6, 6.07) is 5.42. The Morgan fingerprint density at radius 2 is 2.00 bits per heavy atom. The van der Waals surface area contributed by atoms with Gasteiger partial charge in [0.1, 0.15) is 6.54 Å². The number of benzene rings is 1. The molecule has 104 valence electrons. The summed E-state index contributed by atoms with van der Waals surface area (Å²) in [5, 5.41) is 10.8. The van der Waals surface area contributed by atoms with Crippen molar-refractivity contribution in [2.24, 2.45) is 0 Å². The second-order valence-corrected chi connectivity index (χ2v) is 3.82. The first-order chi connectivity index (χ1) is 9.08. The molecule has 0 atom stereocenters. The normalized spacial score (nSPS) is 9.79. The molecular formula is C13H17NO5.